The lowest BCUT2D eigenvalue weighted by Gasteiger charge is -2.43. The molecule has 0 radical (unpaired) electrons. The number of ether oxygens (including phenoxy) is 1. The van der Waals surface area contributed by atoms with Crippen molar-refractivity contribution in [3.63, 3.8) is 0 Å². The van der Waals surface area contributed by atoms with E-state index in [1.807, 2.05) is 36.2 Å². The van der Waals surface area contributed by atoms with Crippen molar-refractivity contribution < 1.29 is 9.53 Å². The molecule has 7 heteroatoms. The van der Waals surface area contributed by atoms with Gasteiger partial charge < -0.3 is 14.2 Å². The lowest BCUT2D eigenvalue weighted by Crippen LogP contribution is -2.55. The molecule has 2 aromatic heterocycles. The van der Waals surface area contributed by atoms with E-state index in [2.05, 4.69) is 37.7 Å². The van der Waals surface area contributed by atoms with Gasteiger partial charge in [-0.1, -0.05) is 6.07 Å². The molecular weight excluding hydrogens is 366 g/mol. The van der Waals surface area contributed by atoms with Gasteiger partial charge in [0, 0.05) is 63.4 Å². The Labute approximate surface area is 172 Å². The molecule has 0 saturated carbocycles. The van der Waals surface area contributed by atoms with Gasteiger partial charge in [0.15, 0.2) is 0 Å². The quantitative estimate of drug-likeness (QED) is 0.776. The third-order valence-corrected chi connectivity index (χ3v) is 5.95. The molecule has 2 aliphatic rings. The van der Waals surface area contributed by atoms with Gasteiger partial charge in [0.05, 0.1) is 6.61 Å². The Kier molecular flexibility index (Phi) is 6.46. The number of piperidine rings is 1. The van der Waals surface area contributed by atoms with E-state index in [0.717, 1.165) is 51.6 Å². The number of amides is 1. The Morgan fingerprint density at radius 3 is 2.76 bits per heavy atom. The van der Waals surface area contributed by atoms with Gasteiger partial charge in [0.1, 0.15) is 5.82 Å². The number of piperazine rings is 1. The molecule has 2 aromatic rings. The number of carbonyl (C=O) groups excluding carboxylic acids is 1. The molecule has 2 aliphatic heterocycles. The van der Waals surface area contributed by atoms with Crippen molar-refractivity contribution in [3.8, 4) is 5.82 Å². The largest absolute Gasteiger partial charge is 0.450 e. The van der Waals surface area contributed by atoms with Crippen LogP contribution in [-0.2, 0) is 11.3 Å². The lowest BCUT2D eigenvalue weighted by molar-refractivity contribution is 0.0409. The summed E-state index contributed by atoms with van der Waals surface area (Å²) in [6.07, 6.45) is 6.21. The standard InChI is InChI=1S/C22H31N5O2/c1-2-29-22(28)26-15-13-25(14-16-26)19-7-5-11-24(17-19)18-20-8-6-12-27(20)21-9-3-4-10-23-21/h3-4,6,8-10,12,19H,2,5,7,11,13-18H2,1H3. The van der Waals surface area contributed by atoms with Gasteiger partial charge in [-0.3, -0.25) is 9.80 Å². The minimum absolute atomic E-state index is 0.173. The minimum atomic E-state index is -0.173. The van der Waals surface area contributed by atoms with E-state index in [9.17, 15) is 4.79 Å². The maximum absolute atomic E-state index is 11.9. The zero-order valence-electron chi connectivity index (χ0n) is 17.2. The van der Waals surface area contributed by atoms with E-state index in [1.54, 1.807) is 0 Å². The molecule has 7 nitrogen and oxygen atoms in total. The molecule has 0 aliphatic carbocycles. The molecule has 29 heavy (non-hydrogen) atoms. The van der Waals surface area contributed by atoms with Gasteiger partial charge >= 0.3 is 6.09 Å². The summed E-state index contributed by atoms with van der Waals surface area (Å²) in [4.78, 5) is 23.4. The van der Waals surface area contributed by atoms with Gasteiger partial charge in [-0.2, -0.15) is 0 Å². The number of pyridine rings is 1. The van der Waals surface area contributed by atoms with E-state index in [0.29, 0.717) is 12.6 Å². The molecule has 1 atom stereocenters. The third-order valence-electron chi connectivity index (χ3n) is 5.95. The van der Waals surface area contributed by atoms with Crippen LogP contribution >= 0.6 is 0 Å². The van der Waals surface area contributed by atoms with Crippen LogP contribution in [-0.4, -0.2) is 82.3 Å². The van der Waals surface area contributed by atoms with Gasteiger partial charge in [0.2, 0.25) is 0 Å². The lowest BCUT2D eigenvalue weighted by atomic mass is 10.0. The Bertz CT molecular complexity index is 786. The second-order valence-corrected chi connectivity index (χ2v) is 7.81. The first-order valence-corrected chi connectivity index (χ1v) is 10.7. The molecule has 2 fully saturated rings. The highest BCUT2D eigenvalue weighted by Gasteiger charge is 2.30. The van der Waals surface area contributed by atoms with Crippen LogP contribution in [0, 0.1) is 0 Å². The van der Waals surface area contributed by atoms with Crippen LogP contribution in [0.1, 0.15) is 25.5 Å². The predicted molar refractivity (Wildman–Crippen MR) is 112 cm³/mol. The topological polar surface area (TPSA) is 53.8 Å². The van der Waals surface area contributed by atoms with Gasteiger partial charge in [-0.25, -0.2) is 9.78 Å². The van der Waals surface area contributed by atoms with Gasteiger partial charge in [-0.15, -0.1) is 0 Å². The molecule has 4 heterocycles. The first kappa shape index (κ1) is 19.9. The second-order valence-electron chi connectivity index (χ2n) is 7.81. The number of aromatic nitrogens is 2. The summed E-state index contributed by atoms with van der Waals surface area (Å²) in [6, 6.07) is 10.9. The number of hydrogen-bond donors (Lipinski definition) is 0. The van der Waals surface area contributed by atoms with Crippen LogP contribution < -0.4 is 0 Å². The third kappa shape index (κ3) is 4.79. The Morgan fingerprint density at radius 2 is 2.00 bits per heavy atom. The molecular formula is C22H31N5O2. The van der Waals surface area contributed by atoms with Crippen molar-refractivity contribution in [1.29, 1.82) is 0 Å². The number of rotatable bonds is 5. The zero-order chi connectivity index (χ0) is 20.1. The van der Waals surface area contributed by atoms with Crippen LogP contribution in [0.25, 0.3) is 5.82 Å². The number of likely N-dealkylation sites (tertiary alicyclic amines) is 1. The van der Waals surface area contributed by atoms with Crippen molar-refractivity contribution >= 4 is 6.09 Å². The highest BCUT2D eigenvalue weighted by atomic mass is 16.6. The normalized spacial score (nSPS) is 21.3. The summed E-state index contributed by atoms with van der Waals surface area (Å²) in [6.45, 7) is 8.83. The van der Waals surface area contributed by atoms with Crippen LogP contribution in [0.15, 0.2) is 42.7 Å². The average Bonchev–Trinajstić information content (AvgIpc) is 3.23. The summed E-state index contributed by atoms with van der Waals surface area (Å²) < 4.78 is 7.32. The molecule has 2 saturated heterocycles. The molecule has 0 spiro atoms. The van der Waals surface area contributed by atoms with Gasteiger partial charge in [0.25, 0.3) is 0 Å². The molecule has 0 aromatic carbocycles. The highest BCUT2D eigenvalue weighted by molar-refractivity contribution is 5.67. The maximum Gasteiger partial charge on any atom is 0.409 e. The summed E-state index contributed by atoms with van der Waals surface area (Å²) in [5.41, 5.74) is 1.27. The number of nitrogens with zero attached hydrogens (tertiary/aromatic N) is 5. The second kappa shape index (κ2) is 9.41. The zero-order valence-corrected chi connectivity index (χ0v) is 17.2. The predicted octanol–water partition coefficient (Wildman–Crippen LogP) is 2.61. The van der Waals surface area contributed by atoms with E-state index >= 15 is 0 Å². The summed E-state index contributed by atoms with van der Waals surface area (Å²) in [7, 11) is 0. The fourth-order valence-electron chi connectivity index (χ4n) is 4.45. The van der Waals surface area contributed by atoms with Crippen molar-refractivity contribution in [2.75, 3.05) is 45.9 Å². The smallest absolute Gasteiger partial charge is 0.409 e. The SMILES string of the molecule is CCOC(=O)N1CCN(C2CCCN(Cc3cccn3-c3ccccn3)C2)CC1. The molecule has 1 unspecified atom stereocenters. The van der Waals surface area contributed by atoms with Crippen molar-refractivity contribution in [2.24, 2.45) is 0 Å². The van der Waals surface area contributed by atoms with Crippen LogP contribution in [0.2, 0.25) is 0 Å². The molecule has 4 rings (SSSR count). The molecule has 1 amide bonds. The van der Waals surface area contributed by atoms with Crippen LogP contribution in [0.4, 0.5) is 4.79 Å². The van der Waals surface area contributed by atoms with Crippen molar-refractivity contribution in [3.05, 3.63) is 48.4 Å². The van der Waals surface area contributed by atoms with Crippen molar-refractivity contribution in [1.82, 2.24) is 24.3 Å². The first-order chi connectivity index (χ1) is 14.2. The number of carbonyl (C=O) groups is 1. The molecule has 156 valence electrons. The molecule has 0 N–H and O–H groups in total. The summed E-state index contributed by atoms with van der Waals surface area (Å²) in [5, 5.41) is 0. The Morgan fingerprint density at radius 1 is 1.14 bits per heavy atom. The number of hydrogen-bond acceptors (Lipinski definition) is 5. The van der Waals surface area contributed by atoms with Crippen molar-refractivity contribution in [2.45, 2.75) is 32.4 Å². The van der Waals surface area contributed by atoms with Gasteiger partial charge in [-0.05, 0) is 50.6 Å². The van der Waals surface area contributed by atoms with E-state index in [4.69, 9.17) is 4.74 Å². The monoisotopic (exact) mass is 397 g/mol. The fourth-order valence-corrected chi connectivity index (χ4v) is 4.45. The summed E-state index contributed by atoms with van der Waals surface area (Å²) >= 11 is 0. The fraction of sp³-hybridized carbons (Fsp3) is 0.545. The highest BCUT2D eigenvalue weighted by Crippen LogP contribution is 2.21. The van der Waals surface area contributed by atoms with E-state index in [-0.39, 0.29) is 6.09 Å². The minimum Gasteiger partial charge on any atom is -0.450 e. The van der Waals surface area contributed by atoms with Crippen LogP contribution in [0.5, 0.6) is 0 Å². The Balaban J connectivity index is 1.33. The van der Waals surface area contributed by atoms with E-state index in [1.165, 1.54) is 18.5 Å². The Hall–Kier alpha value is -2.38. The molecule has 0 bridgehead atoms. The maximum atomic E-state index is 11.9. The average molecular weight is 398 g/mol. The first-order valence-electron chi connectivity index (χ1n) is 10.7. The van der Waals surface area contributed by atoms with Crippen LogP contribution in [0.3, 0.4) is 0 Å². The van der Waals surface area contributed by atoms with E-state index < -0.39 is 0 Å². The summed E-state index contributed by atoms with van der Waals surface area (Å²) in [5.74, 6) is 0.969.